The van der Waals surface area contributed by atoms with Crippen LogP contribution in [0.5, 0.6) is 0 Å². The van der Waals surface area contributed by atoms with Crippen LogP contribution in [0.25, 0.3) is 0 Å². The Bertz CT molecular complexity index is 1240. The van der Waals surface area contributed by atoms with Crippen LogP contribution >= 0.6 is 11.6 Å². The summed E-state index contributed by atoms with van der Waals surface area (Å²) in [5.74, 6) is -1.87. The Morgan fingerprint density at radius 1 is 1.05 bits per heavy atom. The monoisotopic (exact) mass is 579 g/mol. The molecule has 0 saturated carbocycles. The van der Waals surface area contributed by atoms with Crippen molar-refractivity contribution in [3.8, 4) is 0 Å². The highest BCUT2D eigenvalue weighted by molar-refractivity contribution is 7.92. The third-order valence-electron chi connectivity index (χ3n) is 5.87. The maximum atomic E-state index is 13.6. The summed E-state index contributed by atoms with van der Waals surface area (Å²) >= 11 is 6.07. The number of anilines is 1. The topological polar surface area (TPSA) is 86.8 Å². The minimum Gasteiger partial charge on any atom is -0.352 e. The first-order chi connectivity index (χ1) is 17.6. The van der Waals surface area contributed by atoms with Crippen LogP contribution in [-0.4, -0.2) is 50.0 Å². The molecule has 38 heavy (non-hydrogen) atoms. The Kier molecular flexibility index (Phi) is 10.6. The number of nitrogens with one attached hydrogen (secondary N) is 1. The Morgan fingerprint density at radius 2 is 1.66 bits per heavy atom. The molecule has 7 nitrogen and oxygen atoms in total. The van der Waals surface area contributed by atoms with Gasteiger partial charge in [0.05, 0.1) is 22.5 Å². The van der Waals surface area contributed by atoms with Gasteiger partial charge in [0, 0.05) is 12.6 Å². The van der Waals surface area contributed by atoms with Crippen molar-refractivity contribution in [1.29, 1.82) is 0 Å². The summed E-state index contributed by atoms with van der Waals surface area (Å²) < 4.78 is 79.2. The second-order valence-electron chi connectivity index (χ2n) is 8.82. The molecule has 0 bridgehead atoms. The number of rotatable bonds is 11. The van der Waals surface area contributed by atoms with Gasteiger partial charge in [0.2, 0.25) is 21.8 Å². The van der Waals surface area contributed by atoms with Crippen molar-refractivity contribution in [3.05, 3.63) is 64.4 Å². The number of nitrogens with zero attached hydrogens (tertiary/aromatic N) is 2. The zero-order valence-electron chi connectivity index (χ0n) is 21.4. The number of amides is 2. The number of hydrogen-bond donors (Lipinski definition) is 1. The highest BCUT2D eigenvalue weighted by atomic mass is 35.5. The molecule has 0 aliphatic rings. The SMILES string of the molecule is CC[C@H](C(=O)N[C@@H](C)CC)N(Cc1ccc(F)cc1)C(=O)CN(c1cc(C(F)(F)F)ccc1Cl)S(C)(=O)=O. The Labute approximate surface area is 224 Å². The van der Waals surface area contributed by atoms with Crippen LogP contribution in [0.4, 0.5) is 23.2 Å². The van der Waals surface area contributed by atoms with Gasteiger partial charge in [0.15, 0.2) is 0 Å². The van der Waals surface area contributed by atoms with E-state index in [1.807, 2.05) is 6.92 Å². The van der Waals surface area contributed by atoms with Gasteiger partial charge in [-0.25, -0.2) is 12.8 Å². The van der Waals surface area contributed by atoms with Gasteiger partial charge in [0.25, 0.3) is 0 Å². The summed E-state index contributed by atoms with van der Waals surface area (Å²) in [4.78, 5) is 27.8. The summed E-state index contributed by atoms with van der Waals surface area (Å²) in [5.41, 5.74) is -1.23. The average Bonchev–Trinajstić information content (AvgIpc) is 2.82. The van der Waals surface area contributed by atoms with Crippen molar-refractivity contribution >= 4 is 39.1 Å². The van der Waals surface area contributed by atoms with Gasteiger partial charge >= 0.3 is 6.18 Å². The summed E-state index contributed by atoms with van der Waals surface area (Å²) in [7, 11) is -4.30. The summed E-state index contributed by atoms with van der Waals surface area (Å²) in [5, 5.41) is 2.47. The zero-order chi connectivity index (χ0) is 28.8. The molecule has 2 rings (SSSR count). The Morgan fingerprint density at radius 3 is 2.16 bits per heavy atom. The lowest BCUT2D eigenvalue weighted by molar-refractivity contribution is -0.140. The van der Waals surface area contributed by atoms with E-state index in [2.05, 4.69) is 5.32 Å². The number of alkyl halides is 3. The first-order valence-electron chi connectivity index (χ1n) is 11.8. The lowest BCUT2D eigenvalue weighted by Crippen LogP contribution is -2.53. The molecule has 0 radical (unpaired) electrons. The standard InChI is InChI=1S/C25H30ClF4N3O4S/c1-5-16(3)31-24(35)21(6-2)32(14-17-7-10-19(27)11-8-17)23(34)15-33(38(4,36)37)22-13-18(25(28,29)30)9-12-20(22)26/h7-13,16,21H,5-6,14-15H2,1-4H3,(H,31,35)/t16-,21+/m0/s1. The molecule has 2 aromatic carbocycles. The minimum atomic E-state index is -4.79. The first-order valence-corrected chi connectivity index (χ1v) is 14.0. The van der Waals surface area contributed by atoms with E-state index in [9.17, 15) is 35.6 Å². The first kappa shape index (κ1) is 31.4. The fraction of sp³-hybridized carbons (Fsp3) is 0.440. The number of carbonyl (C=O) groups excluding carboxylic acids is 2. The Balaban J connectivity index is 2.54. The van der Waals surface area contributed by atoms with Crippen LogP contribution in [0.3, 0.4) is 0 Å². The van der Waals surface area contributed by atoms with Gasteiger partial charge in [-0.2, -0.15) is 13.2 Å². The lowest BCUT2D eigenvalue weighted by atomic mass is 10.1. The quantitative estimate of drug-likeness (QED) is 0.380. The number of benzene rings is 2. The van der Waals surface area contributed by atoms with Crippen LogP contribution < -0.4 is 9.62 Å². The summed E-state index contributed by atoms with van der Waals surface area (Å²) in [6.07, 6.45) is -3.29. The molecule has 0 spiro atoms. The third kappa shape index (κ3) is 8.32. The maximum Gasteiger partial charge on any atom is 0.416 e. The van der Waals surface area contributed by atoms with Gasteiger partial charge in [-0.3, -0.25) is 13.9 Å². The smallest absolute Gasteiger partial charge is 0.352 e. The second kappa shape index (κ2) is 12.8. The molecule has 0 aromatic heterocycles. The molecule has 0 heterocycles. The number of sulfonamides is 1. The zero-order valence-corrected chi connectivity index (χ0v) is 22.9. The molecule has 1 N–H and O–H groups in total. The van der Waals surface area contributed by atoms with Crippen molar-refractivity contribution in [3.63, 3.8) is 0 Å². The highest BCUT2D eigenvalue weighted by Crippen LogP contribution is 2.36. The molecule has 0 aliphatic heterocycles. The molecule has 2 aromatic rings. The number of hydrogen-bond acceptors (Lipinski definition) is 4. The largest absolute Gasteiger partial charge is 0.416 e. The van der Waals surface area contributed by atoms with Crippen LogP contribution in [0.15, 0.2) is 42.5 Å². The van der Waals surface area contributed by atoms with E-state index in [4.69, 9.17) is 11.6 Å². The molecule has 2 amide bonds. The minimum absolute atomic E-state index is 0.151. The van der Waals surface area contributed by atoms with E-state index in [0.717, 1.165) is 17.2 Å². The van der Waals surface area contributed by atoms with E-state index >= 15 is 0 Å². The second-order valence-corrected chi connectivity index (χ2v) is 11.1. The van der Waals surface area contributed by atoms with Gasteiger partial charge < -0.3 is 10.2 Å². The third-order valence-corrected chi connectivity index (χ3v) is 7.32. The number of carbonyl (C=O) groups is 2. The molecule has 13 heteroatoms. The van der Waals surface area contributed by atoms with Crippen molar-refractivity contribution in [2.24, 2.45) is 0 Å². The molecular formula is C25H30ClF4N3O4S. The summed E-state index contributed by atoms with van der Waals surface area (Å²) in [6, 6.07) is 6.05. The van der Waals surface area contributed by atoms with Gasteiger partial charge in [-0.1, -0.05) is 37.6 Å². The predicted molar refractivity (Wildman–Crippen MR) is 138 cm³/mol. The Hall–Kier alpha value is -2.86. The molecule has 210 valence electrons. The lowest BCUT2D eigenvalue weighted by Gasteiger charge is -2.33. The molecule has 0 unspecified atom stereocenters. The highest BCUT2D eigenvalue weighted by Gasteiger charge is 2.35. The average molecular weight is 580 g/mol. The van der Waals surface area contributed by atoms with E-state index < -0.39 is 57.7 Å². The molecule has 0 saturated heterocycles. The maximum absolute atomic E-state index is 13.6. The van der Waals surface area contributed by atoms with Crippen LogP contribution in [-0.2, 0) is 32.3 Å². The van der Waals surface area contributed by atoms with Crippen molar-refractivity contribution < 1.29 is 35.6 Å². The van der Waals surface area contributed by atoms with Crippen molar-refractivity contribution in [2.45, 2.75) is 58.4 Å². The fourth-order valence-electron chi connectivity index (χ4n) is 3.62. The van der Waals surface area contributed by atoms with Crippen molar-refractivity contribution in [1.82, 2.24) is 10.2 Å². The van der Waals surface area contributed by atoms with E-state index in [0.29, 0.717) is 28.4 Å². The van der Waals surface area contributed by atoms with Gasteiger partial charge in [0.1, 0.15) is 18.4 Å². The molecular weight excluding hydrogens is 550 g/mol. The van der Waals surface area contributed by atoms with Crippen LogP contribution in [0.2, 0.25) is 5.02 Å². The van der Waals surface area contributed by atoms with Gasteiger partial charge in [-0.05, 0) is 55.7 Å². The van der Waals surface area contributed by atoms with Crippen molar-refractivity contribution in [2.75, 3.05) is 17.1 Å². The van der Waals surface area contributed by atoms with E-state index in [1.165, 1.54) is 24.3 Å². The van der Waals surface area contributed by atoms with Gasteiger partial charge in [-0.15, -0.1) is 0 Å². The molecule has 0 aliphatic carbocycles. The van der Waals surface area contributed by atoms with E-state index in [-0.39, 0.29) is 24.0 Å². The van der Waals surface area contributed by atoms with Crippen LogP contribution in [0, 0.1) is 5.82 Å². The van der Waals surface area contributed by atoms with E-state index in [1.54, 1.807) is 13.8 Å². The summed E-state index contributed by atoms with van der Waals surface area (Å²) in [6.45, 7) is 4.19. The fourth-order valence-corrected chi connectivity index (χ4v) is 4.74. The predicted octanol–water partition coefficient (Wildman–Crippen LogP) is 4.99. The molecule has 2 atom stereocenters. The normalized spacial score (nSPS) is 13.5. The number of halogens is 5. The molecule has 0 fully saturated rings. The van der Waals surface area contributed by atoms with Crippen LogP contribution in [0.1, 0.15) is 44.7 Å².